The number of hydrogen-bond donors (Lipinski definition) is 1. The van der Waals surface area contributed by atoms with Gasteiger partial charge in [-0.25, -0.2) is 4.79 Å². The number of hydrogen-bond acceptors (Lipinski definition) is 7. The van der Waals surface area contributed by atoms with Gasteiger partial charge in [0.15, 0.2) is 0 Å². The zero-order chi connectivity index (χ0) is 23.7. The standard InChI is InChI=1S/C22H13ClN2O7S/c23-16-7-5-12(21(27)28)9-15(16)18-8-6-14(32-18)10-19-20(26)24(22(29)33-19)11-13-3-1-2-4-17(13)25(30)31/h1-10H,11H2,(H,27,28)/b19-10-. The predicted molar refractivity (Wildman–Crippen MR) is 121 cm³/mol. The average molecular weight is 485 g/mol. The number of para-hydroxylation sites is 1. The second-order valence-corrected chi connectivity index (χ2v) is 8.26. The van der Waals surface area contributed by atoms with Crippen LogP contribution in [-0.4, -0.2) is 32.0 Å². The lowest BCUT2D eigenvalue weighted by molar-refractivity contribution is -0.385. The molecule has 0 unspecified atom stereocenters. The Hall–Kier alpha value is -3.89. The van der Waals surface area contributed by atoms with Crippen molar-refractivity contribution in [2.45, 2.75) is 6.54 Å². The van der Waals surface area contributed by atoms with Crippen LogP contribution >= 0.6 is 23.4 Å². The molecule has 0 aliphatic carbocycles. The van der Waals surface area contributed by atoms with Gasteiger partial charge >= 0.3 is 5.97 Å². The van der Waals surface area contributed by atoms with Gasteiger partial charge in [-0.1, -0.05) is 29.8 Å². The fourth-order valence-electron chi connectivity index (χ4n) is 3.18. The van der Waals surface area contributed by atoms with Crippen molar-refractivity contribution >= 4 is 52.2 Å². The Morgan fingerprint density at radius 1 is 1.18 bits per heavy atom. The number of amides is 2. The van der Waals surface area contributed by atoms with Gasteiger partial charge in [0.1, 0.15) is 11.5 Å². The first-order valence-corrected chi connectivity index (χ1v) is 10.5. The largest absolute Gasteiger partial charge is 0.478 e. The van der Waals surface area contributed by atoms with Crippen LogP contribution in [-0.2, 0) is 11.3 Å². The summed E-state index contributed by atoms with van der Waals surface area (Å²) < 4.78 is 5.70. The Bertz CT molecular complexity index is 1350. The molecule has 0 atom stereocenters. The summed E-state index contributed by atoms with van der Waals surface area (Å²) in [6.07, 6.45) is 1.38. The monoisotopic (exact) mass is 484 g/mol. The number of nitro groups is 1. The van der Waals surface area contributed by atoms with Crippen LogP contribution in [0.2, 0.25) is 5.02 Å². The highest BCUT2D eigenvalue weighted by Crippen LogP contribution is 2.36. The van der Waals surface area contributed by atoms with E-state index in [4.69, 9.17) is 16.0 Å². The Balaban J connectivity index is 1.58. The number of halogens is 1. The van der Waals surface area contributed by atoms with Crippen LogP contribution in [0.5, 0.6) is 0 Å². The minimum Gasteiger partial charge on any atom is -0.478 e. The summed E-state index contributed by atoms with van der Waals surface area (Å²) >= 11 is 6.85. The molecule has 9 nitrogen and oxygen atoms in total. The molecular formula is C22H13ClN2O7S. The summed E-state index contributed by atoms with van der Waals surface area (Å²) in [5, 5.41) is 20.1. The average Bonchev–Trinajstić information content (AvgIpc) is 3.34. The Morgan fingerprint density at radius 2 is 1.94 bits per heavy atom. The number of furan rings is 1. The molecule has 3 aromatic rings. The third-order valence-electron chi connectivity index (χ3n) is 4.77. The summed E-state index contributed by atoms with van der Waals surface area (Å²) in [4.78, 5) is 48.0. The first-order chi connectivity index (χ1) is 15.7. The number of carboxylic acid groups (broad SMARTS) is 1. The maximum Gasteiger partial charge on any atom is 0.335 e. The van der Waals surface area contributed by atoms with Crippen molar-refractivity contribution in [3.05, 3.63) is 91.5 Å². The van der Waals surface area contributed by atoms with Crippen LogP contribution < -0.4 is 0 Å². The van der Waals surface area contributed by atoms with Gasteiger partial charge in [0.25, 0.3) is 16.8 Å². The van der Waals surface area contributed by atoms with Crippen LogP contribution in [0.3, 0.4) is 0 Å². The number of carbonyl (C=O) groups is 3. The Kier molecular flexibility index (Phi) is 6.03. The molecule has 1 aromatic heterocycles. The molecule has 2 amide bonds. The number of carbonyl (C=O) groups excluding carboxylic acids is 2. The Morgan fingerprint density at radius 3 is 2.67 bits per heavy atom. The van der Waals surface area contributed by atoms with Crippen molar-refractivity contribution < 1.29 is 28.8 Å². The molecule has 0 radical (unpaired) electrons. The smallest absolute Gasteiger partial charge is 0.335 e. The van der Waals surface area contributed by atoms with Gasteiger partial charge in [0.05, 0.1) is 27.0 Å². The normalized spacial score (nSPS) is 14.8. The SMILES string of the molecule is O=C(O)c1ccc(Cl)c(-c2ccc(/C=C3\SC(=O)N(Cc4ccccc4[N+](=O)[O-])C3=O)o2)c1. The number of rotatable bonds is 6. The van der Waals surface area contributed by atoms with Crippen molar-refractivity contribution in [1.82, 2.24) is 4.90 Å². The highest BCUT2D eigenvalue weighted by Gasteiger charge is 2.36. The van der Waals surface area contributed by atoms with Crippen molar-refractivity contribution in [3.63, 3.8) is 0 Å². The lowest BCUT2D eigenvalue weighted by Crippen LogP contribution is -2.27. The molecule has 1 aliphatic heterocycles. The maximum atomic E-state index is 12.8. The van der Waals surface area contributed by atoms with Gasteiger partial charge in [0, 0.05) is 23.3 Å². The molecule has 166 valence electrons. The molecule has 1 aliphatic rings. The van der Waals surface area contributed by atoms with E-state index in [1.54, 1.807) is 18.2 Å². The maximum absolute atomic E-state index is 12.8. The van der Waals surface area contributed by atoms with E-state index in [2.05, 4.69) is 0 Å². The van der Waals surface area contributed by atoms with Gasteiger partial charge in [-0.05, 0) is 42.1 Å². The van der Waals surface area contributed by atoms with E-state index in [9.17, 15) is 29.6 Å². The van der Waals surface area contributed by atoms with E-state index in [0.29, 0.717) is 17.3 Å². The highest BCUT2D eigenvalue weighted by molar-refractivity contribution is 8.18. The molecule has 1 fully saturated rings. The fraction of sp³-hybridized carbons (Fsp3) is 0.0455. The van der Waals surface area contributed by atoms with E-state index in [1.807, 2.05) is 0 Å². The first kappa shape index (κ1) is 22.3. The topological polar surface area (TPSA) is 131 Å². The van der Waals surface area contributed by atoms with E-state index in [1.165, 1.54) is 42.5 Å². The van der Waals surface area contributed by atoms with Crippen LogP contribution in [0.4, 0.5) is 10.5 Å². The predicted octanol–water partition coefficient (Wildman–Crippen LogP) is 5.44. The zero-order valence-corrected chi connectivity index (χ0v) is 18.1. The van der Waals surface area contributed by atoms with Crippen molar-refractivity contribution in [2.24, 2.45) is 0 Å². The zero-order valence-electron chi connectivity index (χ0n) is 16.6. The quantitative estimate of drug-likeness (QED) is 0.278. The number of nitro benzene ring substituents is 1. The second-order valence-electron chi connectivity index (χ2n) is 6.86. The summed E-state index contributed by atoms with van der Waals surface area (Å²) in [6, 6.07) is 13.2. The van der Waals surface area contributed by atoms with E-state index in [-0.39, 0.29) is 44.8 Å². The molecule has 33 heavy (non-hydrogen) atoms. The van der Waals surface area contributed by atoms with E-state index < -0.39 is 22.0 Å². The van der Waals surface area contributed by atoms with Gasteiger partial charge < -0.3 is 9.52 Å². The van der Waals surface area contributed by atoms with Crippen molar-refractivity contribution in [1.29, 1.82) is 0 Å². The number of thioether (sulfide) groups is 1. The number of imide groups is 1. The number of carboxylic acids is 1. The number of aromatic carboxylic acids is 1. The summed E-state index contributed by atoms with van der Waals surface area (Å²) in [5.74, 6) is -1.19. The van der Waals surface area contributed by atoms with Crippen molar-refractivity contribution in [3.8, 4) is 11.3 Å². The lowest BCUT2D eigenvalue weighted by atomic mass is 10.1. The van der Waals surface area contributed by atoms with Gasteiger partial charge in [-0.15, -0.1) is 0 Å². The summed E-state index contributed by atoms with van der Waals surface area (Å²) in [5.41, 5.74) is 0.445. The summed E-state index contributed by atoms with van der Waals surface area (Å²) in [6.45, 7) is -0.236. The van der Waals surface area contributed by atoms with E-state index in [0.717, 1.165) is 4.90 Å². The van der Waals surface area contributed by atoms with Crippen molar-refractivity contribution in [2.75, 3.05) is 0 Å². The molecule has 4 rings (SSSR count). The third kappa shape index (κ3) is 4.52. The molecule has 0 saturated carbocycles. The molecule has 2 aromatic carbocycles. The molecule has 2 heterocycles. The molecule has 11 heteroatoms. The lowest BCUT2D eigenvalue weighted by Gasteiger charge is -2.12. The number of nitrogens with zero attached hydrogens (tertiary/aromatic N) is 2. The van der Waals surface area contributed by atoms with E-state index >= 15 is 0 Å². The third-order valence-corrected chi connectivity index (χ3v) is 6.01. The summed E-state index contributed by atoms with van der Waals surface area (Å²) in [7, 11) is 0. The van der Waals surface area contributed by atoms with Crippen LogP contribution in [0.15, 0.2) is 63.9 Å². The first-order valence-electron chi connectivity index (χ1n) is 9.35. The van der Waals surface area contributed by atoms with Gasteiger partial charge in [-0.3, -0.25) is 24.6 Å². The number of benzene rings is 2. The minimum atomic E-state index is -1.12. The van der Waals surface area contributed by atoms with Crippen LogP contribution in [0.25, 0.3) is 17.4 Å². The van der Waals surface area contributed by atoms with Crippen LogP contribution in [0.1, 0.15) is 21.7 Å². The minimum absolute atomic E-state index is 0.0310. The molecule has 1 saturated heterocycles. The fourth-order valence-corrected chi connectivity index (χ4v) is 4.21. The molecule has 0 bridgehead atoms. The van der Waals surface area contributed by atoms with Gasteiger partial charge in [0.2, 0.25) is 0 Å². The molecule has 0 spiro atoms. The van der Waals surface area contributed by atoms with Crippen LogP contribution in [0, 0.1) is 10.1 Å². The highest BCUT2D eigenvalue weighted by atomic mass is 35.5. The van der Waals surface area contributed by atoms with Gasteiger partial charge in [-0.2, -0.15) is 0 Å². The molecule has 1 N–H and O–H groups in total. The molecular weight excluding hydrogens is 472 g/mol. The Labute approximate surface area is 195 Å². The second kappa shape index (κ2) is 8.93.